The molecule has 4 heteroatoms. The summed E-state index contributed by atoms with van der Waals surface area (Å²) in [6.45, 7) is 5.75. The number of likely N-dealkylation sites (N-methyl/N-ethyl adjacent to an activating group) is 1. The average Bonchev–Trinajstić information content (AvgIpc) is 3.13. The predicted molar refractivity (Wildman–Crippen MR) is 90.0 cm³/mol. The Labute approximate surface area is 132 Å². The van der Waals surface area contributed by atoms with Crippen molar-refractivity contribution in [2.45, 2.75) is 38.3 Å². The summed E-state index contributed by atoms with van der Waals surface area (Å²) in [4.78, 5) is 2.38. The van der Waals surface area contributed by atoms with Gasteiger partial charge in [0.2, 0.25) is 0 Å². The summed E-state index contributed by atoms with van der Waals surface area (Å²) in [5.74, 6) is 0.804. The summed E-state index contributed by atoms with van der Waals surface area (Å²) in [7, 11) is 2.19. The fourth-order valence-corrected chi connectivity index (χ4v) is 3.87. The molecule has 2 fully saturated rings. The summed E-state index contributed by atoms with van der Waals surface area (Å²) < 4.78 is 2.19. The molecule has 4 nitrogen and oxygen atoms in total. The van der Waals surface area contributed by atoms with Crippen molar-refractivity contribution < 1.29 is 0 Å². The molecule has 0 aliphatic carbocycles. The van der Waals surface area contributed by atoms with Crippen LogP contribution in [0.25, 0.3) is 10.9 Å². The van der Waals surface area contributed by atoms with Gasteiger partial charge in [0.1, 0.15) is 0 Å². The Kier molecular flexibility index (Phi) is 3.66. The SMILES string of the molecule is C[C@H]1CC[C@H](c2ccc3cn([C@H]4CCN(C)C4)nc3c2)NC1. The second kappa shape index (κ2) is 5.67. The Morgan fingerprint density at radius 1 is 1.23 bits per heavy atom. The van der Waals surface area contributed by atoms with Gasteiger partial charge in [-0.25, -0.2) is 0 Å². The van der Waals surface area contributed by atoms with Gasteiger partial charge in [-0.2, -0.15) is 5.10 Å². The van der Waals surface area contributed by atoms with Gasteiger partial charge in [0, 0.05) is 24.2 Å². The van der Waals surface area contributed by atoms with Crippen LogP contribution in [0.2, 0.25) is 0 Å². The number of rotatable bonds is 2. The summed E-state index contributed by atoms with van der Waals surface area (Å²) in [5.41, 5.74) is 2.54. The number of benzene rings is 1. The number of nitrogens with zero attached hydrogens (tertiary/aromatic N) is 3. The molecule has 0 bridgehead atoms. The van der Waals surface area contributed by atoms with Crippen LogP contribution >= 0.6 is 0 Å². The van der Waals surface area contributed by atoms with E-state index < -0.39 is 0 Å². The lowest BCUT2D eigenvalue weighted by atomic mass is 9.92. The zero-order chi connectivity index (χ0) is 15.1. The topological polar surface area (TPSA) is 33.1 Å². The number of fused-ring (bicyclic) bond motifs is 1. The number of hydrogen-bond donors (Lipinski definition) is 1. The molecular weight excluding hydrogens is 272 g/mol. The molecule has 1 aromatic heterocycles. The molecule has 2 aliphatic rings. The number of piperidine rings is 1. The molecular formula is C18H26N4. The Morgan fingerprint density at radius 3 is 2.86 bits per heavy atom. The molecule has 1 N–H and O–H groups in total. The monoisotopic (exact) mass is 298 g/mol. The van der Waals surface area contributed by atoms with Gasteiger partial charge in [-0.3, -0.25) is 4.68 Å². The quantitative estimate of drug-likeness (QED) is 0.925. The normalized spacial score (nSPS) is 30.2. The molecule has 1 aromatic carbocycles. The number of nitrogens with one attached hydrogen (secondary N) is 1. The van der Waals surface area contributed by atoms with Crippen LogP contribution in [0.4, 0.5) is 0 Å². The van der Waals surface area contributed by atoms with Gasteiger partial charge in [0.05, 0.1) is 11.6 Å². The summed E-state index contributed by atoms with van der Waals surface area (Å²) >= 11 is 0. The van der Waals surface area contributed by atoms with Crippen LogP contribution in [0.3, 0.4) is 0 Å². The van der Waals surface area contributed by atoms with E-state index in [1.54, 1.807) is 0 Å². The third-order valence-corrected chi connectivity index (χ3v) is 5.35. The first-order chi connectivity index (χ1) is 10.7. The van der Waals surface area contributed by atoms with Crippen molar-refractivity contribution in [3.63, 3.8) is 0 Å². The summed E-state index contributed by atoms with van der Waals surface area (Å²) in [6, 6.07) is 7.85. The molecule has 4 rings (SSSR count). The Morgan fingerprint density at radius 2 is 2.14 bits per heavy atom. The minimum Gasteiger partial charge on any atom is -0.310 e. The minimum absolute atomic E-state index is 0.503. The van der Waals surface area contributed by atoms with Crippen LogP contribution in [0.1, 0.15) is 43.8 Å². The van der Waals surface area contributed by atoms with Crippen molar-refractivity contribution in [2.75, 3.05) is 26.7 Å². The Bertz CT molecular complexity index is 654. The molecule has 3 heterocycles. The minimum atomic E-state index is 0.503. The van der Waals surface area contributed by atoms with E-state index in [0.717, 1.165) is 24.5 Å². The molecule has 0 unspecified atom stereocenters. The molecule has 0 spiro atoms. The van der Waals surface area contributed by atoms with E-state index in [-0.39, 0.29) is 0 Å². The van der Waals surface area contributed by atoms with Crippen LogP contribution in [0.15, 0.2) is 24.4 Å². The van der Waals surface area contributed by atoms with Crippen molar-refractivity contribution in [3.05, 3.63) is 30.0 Å². The molecule has 22 heavy (non-hydrogen) atoms. The van der Waals surface area contributed by atoms with E-state index in [4.69, 9.17) is 5.10 Å². The van der Waals surface area contributed by atoms with Crippen LogP contribution in [0, 0.1) is 5.92 Å². The zero-order valence-corrected chi connectivity index (χ0v) is 13.6. The van der Waals surface area contributed by atoms with Crippen molar-refractivity contribution in [3.8, 4) is 0 Å². The predicted octanol–water partition coefficient (Wildman–Crippen LogP) is 2.97. The highest BCUT2D eigenvalue weighted by Gasteiger charge is 2.23. The smallest absolute Gasteiger partial charge is 0.0926 e. The van der Waals surface area contributed by atoms with E-state index >= 15 is 0 Å². The standard InChI is InChI=1S/C18H26N4/c1-13-3-6-17(19-10-13)14-4-5-15-11-22(20-18(15)9-14)16-7-8-21(2)12-16/h4-5,9,11,13,16-17,19H,3,6-8,10,12H2,1-2H3/t13-,16-,17+/m0/s1. The van der Waals surface area contributed by atoms with E-state index in [0.29, 0.717) is 12.1 Å². The van der Waals surface area contributed by atoms with Gasteiger partial charge in [-0.15, -0.1) is 0 Å². The van der Waals surface area contributed by atoms with Gasteiger partial charge in [-0.1, -0.05) is 19.1 Å². The molecule has 0 radical (unpaired) electrons. The third-order valence-electron chi connectivity index (χ3n) is 5.35. The van der Waals surface area contributed by atoms with E-state index in [1.165, 1.54) is 36.8 Å². The second-order valence-corrected chi connectivity index (χ2v) is 7.28. The van der Waals surface area contributed by atoms with Gasteiger partial charge < -0.3 is 10.2 Å². The molecule has 2 aromatic rings. The maximum Gasteiger partial charge on any atom is 0.0926 e. The summed E-state index contributed by atoms with van der Waals surface area (Å²) in [6.07, 6.45) is 5.98. The van der Waals surface area contributed by atoms with Crippen LogP contribution in [0.5, 0.6) is 0 Å². The number of aromatic nitrogens is 2. The largest absolute Gasteiger partial charge is 0.310 e. The lowest BCUT2D eigenvalue weighted by molar-refractivity contribution is 0.333. The lowest BCUT2D eigenvalue weighted by Gasteiger charge is -2.28. The molecule has 2 aliphatic heterocycles. The van der Waals surface area contributed by atoms with Gasteiger partial charge in [0.15, 0.2) is 0 Å². The Balaban J connectivity index is 1.58. The number of hydrogen-bond acceptors (Lipinski definition) is 3. The maximum absolute atomic E-state index is 4.86. The molecule has 0 amide bonds. The Hall–Kier alpha value is -1.39. The van der Waals surface area contributed by atoms with E-state index in [2.05, 4.69) is 53.3 Å². The van der Waals surface area contributed by atoms with Crippen LogP contribution < -0.4 is 5.32 Å². The van der Waals surface area contributed by atoms with E-state index in [1.807, 2.05) is 0 Å². The first-order valence-corrected chi connectivity index (χ1v) is 8.60. The van der Waals surface area contributed by atoms with E-state index in [9.17, 15) is 0 Å². The number of likely N-dealkylation sites (tertiary alicyclic amines) is 1. The van der Waals surface area contributed by atoms with Crippen molar-refractivity contribution >= 4 is 10.9 Å². The fraction of sp³-hybridized carbons (Fsp3) is 0.611. The second-order valence-electron chi connectivity index (χ2n) is 7.28. The highest BCUT2D eigenvalue weighted by atomic mass is 15.3. The third kappa shape index (κ3) is 2.66. The van der Waals surface area contributed by atoms with Crippen molar-refractivity contribution in [1.29, 1.82) is 0 Å². The molecule has 0 saturated carbocycles. The first kappa shape index (κ1) is 14.2. The zero-order valence-electron chi connectivity index (χ0n) is 13.6. The van der Waals surface area contributed by atoms with Crippen LogP contribution in [-0.2, 0) is 0 Å². The highest BCUT2D eigenvalue weighted by molar-refractivity contribution is 5.78. The van der Waals surface area contributed by atoms with Gasteiger partial charge in [-0.05, 0) is 56.9 Å². The lowest BCUT2D eigenvalue weighted by Crippen LogP contribution is -2.31. The van der Waals surface area contributed by atoms with Crippen molar-refractivity contribution in [1.82, 2.24) is 20.0 Å². The first-order valence-electron chi connectivity index (χ1n) is 8.60. The highest BCUT2D eigenvalue weighted by Crippen LogP contribution is 2.28. The summed E-state index contributed by atoms with van der Waals surface area (Å²) in [5, 5.41) is 9.80. The fourth-order valence-electron chi connectivity index (χ4n) is 3.87. The molecule has 118 valence electrons. The van der Waals surface area contributed by atoms with Crippen LogP contribution in [-0.4, -0.2) is 41.4 Å². The van der Waals surface area contributed by atoms with Gasteiger partial charge in [0.25, 0.3) is 0 Å². The molecule has 3 atom stereocenters. The maximum atomic E-state index is 4.86. The average molecular weight is 298 g/mol. The van der Waals surface area contributed by atoms with Gasteiger partial charge >= 0.3 is 0 Å². The molecule has 2 saturated heterocycles. The van der Waals surface area contributed by atoms with Crippen molar-refractivity contribution in [2.24, 2.45) is 5.92 Å².